The Balaban J connectivity index is 2.03. The summed E-state index contributed by atoms with van der Waals surface area (Å²) in [6.07, 6.45) is 1.85. The van der Waals surface area contributed by atoms with Gasteiger partial charge in [0.15, 0.2) is 0 Å². The Morgan fingerprint density at radius 2 is 1.92 bits per heavy atom. The lowest BCUT2D eigenvalue weighted by Crippen LogP contribution is -2.35. The van der Waals surface area contributed by atoms with Crippen molar-refractivity contribution in [1.82, 2.24) is 4.90 Å². The first-order valence-electron chi connectivity index (χ1n) is 8.45. The Hall–Kier alpha value is -1.85. The molecule has 0 saturated heterocycles. The second kappa shape index (κ2) is 10.2. The van der Waals surface area contributed by atoms with Crippen molar-refractivity contribution < 1.29 is 9.53 Å². The zero-order valence-electron chi connectivity index (χ0n) is 14.8. The lowest BCUT2D eigenvalue weighted by Gasteiger charge is -2.23. The van der Waals surface area contributed by atoms with Gasteiger partial charge in [-0.05, 0) is 49.1 Å². The van der Waals surface area contributed by atoms with Crippen LogP contribution < -0.4 is 5.32 Å². The van der Waals surface area contributed by atoms with Crippen LogP contribution in [0, 0.1) is 6.92 Å². The lowest BCUT2D eigenvalue weighted by atomic mass is 10.2. The Kier molecular flexibility index (Phi) is 7.95. The highest BCUT2D eigenvalue weighted by Crippen LogP contribution is 2.20. The van der Waals surface area contributed by atoms with Crippen molar-refractivity contribution in [1.29, 1.82) is 0 Å². The highest BCUT2D eigenvalue weighted by molar-refractivity contribution is 9.10. The van der Waals surface area contributed by atoms with E-state index in [2.05, 4.69) is 21.2 Å². The van der Waals surface area contributed by atoms with E-state index in [1.54, 1.807) is 7.11 Å². The summed E-state index contributed by atoms with van der Waals surface area (Å²) in [5, 5.41) is 3.01. The van der Waals surface area contributed by atoms with Crippen molar-refractivity contribution in [3.05, 3.63) is 64.1 Å². The molecule has 0 aliphatic carbocycles. The number of amides is 2. The molecule has 2 aromatic rings. The van der Waals surface area contributed by atoms with E-state index < -0.39 is 0 Å². The zero-order valence-corrected chi connectivity index (χ0v) is 16.4. The summed E-state index contributed by atoms with van der Waals surface area (Å²) < 4.78 is 6.13. The predicted octanol–water partition coefficient (Wildman–Crippen LogP) is 5.22. The SMILES string of the molecule is COCCCCN(Cc1ccccc1)C(=O)Nc1ccc(Br)c(C)c1. The van der Waals surface area contributed by atoms with Crippen molar-refractivity contribution in [2.24, 2.45) is 0 Å². The minimum atomic E-state index is -0.0806. The molecule has 0 spiro atoms. The van der Waals surface area contributed by atoms with Gasteiger partial charge in [-0.15, -0.1) is 0 Å². The van der Waals surface area contributed by atoms with Gasteiger partial charge in [-0.1, -0.05) is 46.3 Å². The van der Waals surface area contributed by atoms with Crippen LogP contribution in [0.15, 0.2) is 53.0 Å². The van der Waals surface area contributed by atoms with Crippen LogP contribution in [0.2, 0.25) is 0 Å². The van der Waals surface area contributed by atoms with Gasteiger partial charge in [0, 0.05) is 37.0 Å². The third kappa shape index (κ3) is 6.52. The maximum atomic E-state index is 12.7. The number of hydrogen-bond donors (Lipinski definition) is 1. The van der Waals surface area contributed by atoms with Crippen LogP contribution in [-0.2, 0) is 11.3 Å². The number of methoxy groups -OCH3 is 1. The van der Waals surface area contributed by atoms with Crippen LogP contribution in [0.4, 0.5) is 10.5 Å². The molecular formula is C20H25BrN2O2. The normalized spacial score (nSPS) is 10.5. The van der Waals surface area contributed by atoms with Crippen molar-refractivity contribution in [3.63, 3.8) is 0 Å². The number of nitrogens with one attached hydrogen (secondary N) is 1. The second-order valence-electron chi connectivity index (χ2n) is 6.00. The number of aryl methyl sites for hydroxylation is 1. The van der Waals surface area contributed by atoms with Gasteiger partial charge >= 0.3 is 6.03 Å². The second-order valence-corrected chi connectivity index (χ2v) is 6.86. The van der Waals surface area contributed by atoms with Gasteiger partial charge < -0.3 is 15.0 Å². The molecule has 1 N–H and O–H groups in total. The average molecular weight is 405 g/mol. The van der Waals surface area contributed by atoms with Crippen molar-refractivity contribution in [2.75, 3.05) is 25.6 Å². The number of rotatable bonds is 8. The Morgan fingerprint density at radius 3 is 2.60 bits per heavy atom. The summed E-state index contributed by atoms with van der Waals surface area (Å²) in [7, 11) is 1.70. The molecule has 2 amide bonds. The Labute approximate surface area is 158 Å². The van der Waals surface area contributed by atoms with Gasteiger partial charge in [-0.25, -0.2) is 4.79 Å². The predicted molar refractivity (Wildman–Crippen MR) is 106 cm³/mol. The largest absolute Gasteiger partial charge is 0.385 e. The molecule has 2 rings (SSSR count). The molecule has 0 aliphatic heterocycles. The monoisotopic (exact) mass is 404 g/mol. The fraction of sp³-hybridized carbons (Fsp3) is 0.350. The first-order chi connectivity index (χ1) is 12.1. The number of anilines is 1. The van der Waals surface area contributed by atoms with Crippen LogP contribution in [0.5, 0.6) is 0 Å². The minimum absolute atomic E-state index is 0.0806. The van der Waals surface area contributed by atoms with E-state index >= 15 is 0 Å². The van der Waals surface area contributed by atoms with E-state index in [0.717, 1.165) is 34.1 Å². The van der Waals surface area contributed by atoms with Crippen molar-refractivity contribution in [3.8, 4) is 0 Å². The number of hydrogen-bond acceptors (Lipinski definition) is 2. The van der Waals surface area contributed by atoms with E-state index in [1.165, 1.54) is 0 Å². The summed E-state index contributed by atoms with van der Waals surface area (Å²) >= 11 is 3.48. The molecule has 0 aliphatic rings. The number of halogens is 1. The first kappa shape index (κ1) is 19.5. The van der Waals surface area contributed by atoms with Crippen LogP contribution in [-0.4, -0.2) is 31.2 Å². The summed E-state index contributed by atoms with van der Waals surface area (Å²) in [5.74, 6) is 0. The van der Waals surface area contributed by atoms with Crippen molar-refractivity contribution in [2.45, 2.75) is 26.3 Å². The van der Waals surface area contributed by atoms with Gasteiger partial charge in [0.05, 0.1) is 0 Å². The molecule has 0 saturated carbocycles. The average Bonchev–Trinajstić information content (AvgIpc) is 2.61. The number of benzene rings is 2. The lowest BCUT2D eigenvalue weighted by molar-refractivity contribution is 0.182. The summed E-state index contributed by atoms with van der Waals surface area (Å²) in [6, 6.07) is 15.8. The molecule has 2 aromatic carbocycles. The van der Waals surface area contributed by atoms with Crippen LogP contribution in [0.3, 0.4) is 0 Å². The van der Waals surface area contributed by atoms with Gasteiger partial charge in [-0.3, -0.25) is 0 Å². The standard InChI is InChI=1S/C20H25BrN2O2/c1-16-14-18(10-11-19(16)21)22-20(24)23(12-6-7-13-25-2)15-17-8-4-3-5-9-17/h3-5,8-11,14H,6-7,12-13,15H2,1-2H3,(H,22,24). The molecule has 0 radical (unpaired) electrons. The van der Waals surface area contributed by atoms with Crippen molar-refractivity contribution >= 4 is 27.6 Å². The molecule has 25 heavy (non-hydrogen) atoms. The highest BCUT2D eigenvalue weighted by Gasteiger charge is 2.14. The fourth-order valence-corrected chi connectivity index (χ4v) is 2.78. The molecule has 134 valence electrons. The molecule has 0 fully saturated rings. The number of urea groups is 1. The summed E-state index contributed by atoms with van der Waals surface area (Å²) in [6.45, 7) is 4.01. The first-order valence-corrected chi connectivity index (χ1v) is 9.24. The van der Waals surface area contributed by atoms with Crippen LogP contribution in [0.1, 0.15) is 24.0 Å². The van der Waals surface area contributed by atoms with Crippen LogP contribution in [0.25, 0.3) is 0 Å². The van der Waals surface area contributed by atoms with Gasteiger partial charge in [-0.2, -0.15) is 0 Å². The molecule has 4 nitrogen and oxygen atoms in total. The molecule has 0 atom stereocenters. The highest BCUT2D eigenvalue weighted by atomic mass is 79.9. The molecule has 0 unspecified atom stereocenters. The van der Waals surface area contributed by atoms with Gasteiger partial charge in [0.2, 0.25) is 0 Å². The molecule has 5 heteroatoms. The summed E-state index contributed by atoms with van der Waals surface area (Å²) in [4.78, 5) is 14.6. The molecule has 0 aromatic heterocycles. The molecular weight excluding hydrogens is 380 g/mol. The zero-order chi connectivity index (χ0) is 18.1. The van der Waals surface area contributed by atoms with E-state index in [9.17, 15) is 4.79 Å². The maximum Gasteiger partial charge on any atom is 0.322 e. The third-order valence-corrected chi connectivity index (χ3v) is 4.83. The van der Waals surface area contributed by atoms with Gasteiger partial charge in [0.1, 0.15) is 0 Å². The topological polar surface area (TPSA) is 41.6 Å². The molecule has 0 bridgehead atoms. The number of carbonyl (C=O) groups excluding carboxylic acids is 1. The Morgan fingerprint density at radius 1 is 1.16 bits per heavy atom. The number of ether oxygens (including phenoxy) is 1. The van der Waals surface area contributed by atoms with E-state index in [4.69, 9.17) is 4.74 Å². The van der Waals surface area contributed by atoms with Gasteiger partial charge in [0.25, 0.3) is 0 Å². The number of unbranched alkanes of at least 4 members (excludes halogenated alkanes) is 1. The minimum Gasteiger partial charge on any atom is -0.385 e. The fourth-order valence-electron chi connectivity index (χ4n) is 2.53. The smallest absolute Gasteiger partial charge is 0.322 e. The number of carbonyl (C=O) groups is 1. The quantitative estimate of drug-likeness (QED) is 0.612. The van der Waals surface area contributed by atoms with E-state index in [1.807, 2.05) is 60.4 Å². The number of nitrogens with zero attached hydrogens (tertiary/aromatic N) is 1. The molecule has 0 heterocycles. The van der Waals surface area contributed by atoms with E-state index in [0.29, 0.717) is 19.7 Å². The van der Waals surface area contributed by atoms with Crippen LogP contribution >= 0.6 is 15.9 Å². The third-order valence-electron chi connectivity index (χ3n) is 3.94. The maximum absolute atomic E-state index is 12.7. The summed E-state index contributed by atoms with van der Waals surface area (Å²) in [5.41, 5.74) is 3.02. The van der Waals surface area contributed by atoms with E-state index in [-0.39, 0.29) is 6.03 Å². The Bertz CT molecular complexity index is 677.